The monoisotopic (exact) mass is 323 g/mol. The first-order valence-corrected chi connectivity index (χ1v) is 8.57. The summed E-state index contributed by atoms with van der Waals surface area (Å²) in [5.41, 5.74) is 2.01. The Morgan fingerprint density at radius 2 is 2.05 bits per heavy atom. The molecule has 0 aliphatic heterocycles. The maximum Gasteiger partial charge on any atom is 0.0847 e. The van der Waals surface area contributed by atoms with E-state index in [1.165, 1.54) is 4.90 Å². The average Bonchev–Trinajstić information content (AvgIpc) is 2.72. The molecular formula is C16H22ClN3S. The molecule has 1 heterocycles. The zero-order chi connectivity index (χ0) is 15.2. The van der Waals surface area contributed by atoms with E-state index in [1.54, 1.807) is 0 Å². The second kappa shape index (κ2) is 7.87. The number of likely N-dealkylation sites (N-methyl/N-ethyl adjacent to an activating group) is 1. The van der Waals surface area contributed by atoms with Crippen LogP contribution in [0.5, 0.6) is 0 Å². The highest BCUT2D eigenvalue weighted by Gasteiger charge is 2.16. The van der Waals surface area contributed by atoms with E-state index in [-0.39, 0.29) is 0 Å². The Kier molecular flexibility index (Phi) is 6.15. The summed E-state index contributed by atoms with van der Waals surface area (Å²) >= 11 is 8.23. The molecule has 21 heavy (non-hydrogen) atoms. The number of nitrogens with zero attached hydrogens (tertiary/aromatic N) is 2. The van der Waals surface area contributed by atoms with Crippen LogP contribution in [0.2, 0.25) is 5.02 Å². The van der Waals surface area contributed by atoms with Gasteiger partial charge in [0.2, 0.25) is 0 Å². The Balaban J connectivity index is 2.02. The van der Waals surface area contributed by atoms with Gasteiger partial charge in [-0.05, 0) is 25.6 Å². The van der Waals surface area contributed by atoms with Gasteiger partial charge in [-0.3, -0.25) is 4.68 Å². The quantitative estimate of drug-likeness (QED) is 0.788. The number of thioether (sulfide) groups is 1. The molecule has 0 fully saturated rings. The van der Waals surface area contributed by atoms with E-state index in [0.29, 0.717) is 6.04 Å². The summed E-state index contributed by atoms with van der Waals surface area (Å²) in [5.74, 6) is 1.01. The first kappa shape index (κ1) is 16.4. The molecule has 1 aromatic carbocycles. The van der Waals surface area contributed by atoms with Crippen molar-refractivity contribution in [1.29, 1.82) is 0 Å². The van der Waals surface area contributed by atoms with Gasteiger partial charge in [0.15, 0.2) is 0 Å². The number of aryl methyl sites for hydroxylation is 2. The smallest absolute Gasteiger partial charge is 0.0847 e. The minimum atomic E-state index is 0.382. The molecule has 1 atom stereocenters. The Bertz CT molecular complexity index is 568. The van der Waals surface area contributed by atoms with E-state index < -0.39 is 0 Å². The van der Waals surface area contributed by atoms with Crippen LogP contribution in [0, 0.1) is 6.92 Å². The van der Waals surface area contributed by atoms with E-state index in [4.69, 9.17) is 11.6 Å². The van der Waals surface area contributed by atoms with Gasteiger partial charge in [-0.15, -0.1) is 11.8 Å². The molecule has 2 aromatic rings. The van der Waals surface area contributed by atoms with Gasteiger partial charge in [-0.1, -0.05) is 36.7 Å². The maximum atomic E-state index is 6.36. The number of benzene rings is 1. The summed E-state index contributed by atoms with van der Waals surface area (Å²) in [7, 11) is 1.96. The van der Waals surface area contributed by atoms with Crippen molar-refractivity contribution < 1.29 is 0 Å². The highest BCUT2D eigenvalue weighted by molar-refractivity contribution is 7.99. The molecule has 2 rings (SSSR count). The van der Waals surface area contributed by atoms with Gasteiger partial charge in [-0.25, -0.2) is 0 Å². The second-order valence-electron chi connectivity index (χ2n) is 5.05. The number of hydrogen-bond donors (Lipinski definition) is 1. The molecule has 0 spiro atoms. The van der Waals surface area contributed by atoms with Gasteiger partial charge in [-0.2, -0.15) is 5.10 Å². The molecule has 1 aromatic heterocycles. The number of aromatic nitrogens is 2. The second-order valence-corrected chi connectivity index (χ2v) is 6.52. The molecule has 114 valence electrons. The Morgan fingerprint density at radius 3 is 2.62 bits per heavy atom. The molecule has 0 bridgehead atoms. The van der Waals surface area contributed by atoms with Crippen molar-refractivity contribution in [3.05, 3.63) is 46.7 Å². The van der Waals surface area contributed by atoms with Gasteiger partial charge in [0, 0.05) is 30.2 Å². The van der Waals surface area contributed by atoms with Crippen LogP contribution in [0.4, 0.5) is 0 Å². The fourth-order valence-corrected chi connectivity index (χ4v) is 3.54. The third-order valence-electron chi connectivity index (χ3n) is 3.39. The minimum Gasteiger partial charge on any atom is -0.313 e. The summed E-state index contributed by atoms with van der Waals surface area (Å²) in [6.45, 7) is 5.04. The molecule has 0 radical (unpaired) electrons. The summed E-state index contributed by atoms with van der Waals surface area (Å²) < 4.78 is 1.90. The van der Waals surface area contributed by atoms with Crippen LogP contribution in [0.15, 0.2) is 35.2 Å². The Morgan fingerprint density at radius 1 is 1.33 bits per heavy atom. The summed E-state index contributed by atoms with van der Waals surface area (Å²) in [6.07, 6.45) is 0.893. The number of hydrogen-bond acceptors (Lipinski definition) is 3. The van der Waals surface area contributed by atoms with Gasteiger partial charge in [0.05, 0.1) is 16.4 Å². The molecular weight excluding hydrogens is 302 g/mol. The van der Waals surface area contributed by atoms with E-state index in [2.05, 4.69) is 41.6 Å². The van der Waals surface area contributed by atoms with Crippen molar-refractivity contribution in [2.45, 2.75) is 31.2 Å². The first-order chi connectivity index (χ1) is 10.1. The number of rotatable bonds is 7. The topological polar surface area (TPSA) is 29.9 Å². The zero-order valence-electron chi connectivity index (χ0n) is 12.8. The highest BCUT2D eigenvalue weighted by atomic mass is 35.5. The van der Waals surface area contributed by atoms with Gasteiger partial charge in [0.1, 0.15) is 0 Å². The van der Waals surface area contributed by atoms with Gasteiger partial charge >= 0.3 is 0 Å². The summed E-state index contributed by atoms with van der Waals surface area (Å²) in [5, 5.41) is 8.73. The van der Waals surface area contributed by atoms with Crippen LogP contribution in [0.1, 0.15) is 18.3 Å². The van der Waals surface area contributed by atoms with Crippen molar-refractivity contribution in [2.75, 3.05) is 12.3 Å². The molecule has 0 amide bonds. The largest absolute Gasteiger partial charge is 0.313 e. The lowest BCUT2D eigenvalue weighted by atomic mass is 10.1. The predicted octanol–water partition coefficient (Wildman–Crippen LogP) is 3.69. The molecule has 0 aliphatic carbocycles. The normalized spacial score (nSPS) is 12.6. The van der Waals surface area contributed by atoms with Crippen molar-refractivity contribution >= 4 is 23.4 Å². The predicted molar refractivity (Wildman–Crippen MR) is 91.3 cm³/mol. The molecule has 0 saturated carbocycles. The zero-order valence-corrected chi connectivity index (χ0v) is 14.3. The Hall–Kier alpha value is -0.970. The molecule has 0 aliphatic rings. The lowest BCUT2D eigenvalue weighted by Crippen LogP contribution is -2.34. The SMILES string of the molecule is CCNC(CSc1ccccc1)Cc1c(Cl)c(C)nn1C. The van der Waals surface area contributed by atoms with Crippen molar-refractivity contribution in [3.63, 3.8) is 0 Å². The molecule has 1 unspecified atom stereocenters. The fourth-order valence-electron chi connectivity index (χ4n) is 2.33. The Labute approximate surface area is 136 Å². The highest BCUT2D eigenvalue weighted by Crippen LogP contribution is 2.23. The minimum absolute atomic E-state index is 0.382. The molecule has 3 nitrogen and oxygen atoms in total. The van der Waals surface area contributed by atoms with E-state index in [1.807, 2.05) is 36.5 Å². The van der Waals surface area contributed by atoms with Crippen molar-refractivity contribution in [2.24, 2.45) is 7.05 Å². The standard InChI is InChI=1S/C16H22ClN3S/c1-4-18-13(11-21-14-8-6-5-7-9-14)10-15-16(17)12(2)19-20(15)3/h5-9,13,18H,4,10-11H2,1-3H3. The first-order valence-electron chi connectivity index (χ1n) is 7.21. The third kappa shape index (κ3) is 4.50. The van der Waals surface area contributed by atoms with Gasteiger partial charge < -0.3 is 5.32 Å². The lowest BCUT2D eigenvalue weighted by Gasteiger charge is -2.18. The molecule has 1 N–H and O–H groups in total. The van der Waals surface area contributed by atoms with E-state index >= 15 is 0 Å². The van der Waals surface area contributed by atoms with Crippen molar-refractivity contribution in [3.8, 4) is 0 Å². The van der Waals surface area contributed by atoms with E-state index in [9.17, 15) is 0 Å². The average molecular weight is 324 g/mol. The van der Waals surface area contributed by atoms with Crippen LogP contribution >= 0.6 is 23.4 Å². The number of halogens is 1. The van der Waals surface area contributed by atoms with Crippen LogP contribution < -0.4 is 5.32 Å². The fraction of sp³-hybridized carbons (Fsp3) is 0.438. The molecule has 5 heteroatoms. The van der Waals surface area contributed by atoms with Crippen molar-refractivity contribution in [1.82, 2.24) is 15.1 Å². The van der Waals surface area contributed by atoms with Crippen LogP contribution in [0.25, 0.3) is 0 Å². The third-order valence-corrected chi connectivity index (χ3v) is 5.05. The molecule has 0 saturated heterocycles. The van der Waals surface area contributed by atoms with Crippen LogP contribution in [0.3, 0.4) is 0 Å². The lowest BCUT2D eigenvalue weighted by molar-refractivity contribution is 0.549. The summed E-state index contributed by atoms with van der Waals surface area (Å²) in [6, 6.07) is 10.9. The summed E-state index contributed by atoms with van der Waals surface area (Å²) in [4.78, 5) is 1.30. The maximum absolute atomic E-state index is 6.36. The van der Waals surface area contributed by atoms with Crippen LogP contribution in [-0.2, 0) is 13.5 Å². The van der Waals surface area contributed by atoms with Crippen LogP contribution in [-0.4, -0.2) is 28.1 Å². The number of nitrogens with one attached hydrogen (secondary N) is 1. The van der Waals surface area contributed by atoms with E-state index in [0.717, 1.165) is 35.1 Å². The van der Waals surface area contributed by atoms with Gasteiger partial charge in [0.25, 0.3) is 0 Å².